The molecule has 0 atom stereocenters. The van der Waals surface area contributed by atoms with Gasteiger partial charge in [-0.2, -0.15) is 0 Å². The summed E-state index contributed by atoms with van der Waals surface area (Å²) >= 11 is 1.67. The summed E-state index contributed by atoms with van der Waals surface area (Å²) in [4.78, 5) is 2.33. The summed E-state index contributed by atoms with van der Waals surface area (Å²) < 4.78 is 2.20. The minimum absolute atomic E-state index is 0.507. The zero-order valence-corrected chi connectivity index (χ0v) is 20.7. The van der Waals surface area contributed by atoms with E-state index in [9.17, 15) is 10.0 Å². The number of anilines is 3. The monoisotopic (exact) mass is 495 g/mol. The van der Waals surface area contributed by atoms with Crippen LogP contribution in [0.1, 0.15) is 0 Å². The predicted octanol–water partition coefficient (Wildman–Crippen LogP) is 7.51. The van der Waals surface area contributed by atoms with E-state index in [0.29, 0.717) is 5.46 Å². The van der Waals surface area contributed by atoms with Gasteiger partial charge in [0.1, 0.15) is 0 Å². The standard InChI is InChI=1S/C32H22BNO2S/c35-33(36)24-13-16-28-29-17-15-26(20-32(29)37-31(28)19-24)34(25-14-12-21-6-1-2-8-23(21)18-25)30-11-5-9-22-7-3-4-10-27(22)30/h1-20,35-36H. The van der Waals surface area contributed by atoms with Crippen LogP contribution < -0.4 is 10.4 Å². The lowest BCUT2D eigenvalue weighted by Gasteiger charge is -2.27. The first-order valence-electron chi connectivity index (χ1n) is 12.2. The Hall–Kier alpha value is -4.16. The SMILES string of the molecule is OB(O)c1ccc2c(c1)sc1cc(N(c3ccc4ccccc4c3)c3cccc4ccccc34)ccc12. The lowest BCUT2D eigenvalue weighted by molar-refractivity contribution is 0.426. The Morgan fingerprint density at radius 2 is 1.16 bits per heavy atom. The van der Waals surface area contributed by atoms with Crippen LogP contribution in [0.2, 0.25) is 0 Å². The highest BCUT2D eigenvalue weighted by molar-refractivity contribution is 7.26. The lowest BCUT2D eigenvalue weighted by Crippen LogP contribution is -2.29. The highest BCUT2D eigenvalue weighted by atomic mass is 32.1. The zero-order chi connectivity index (χ0) is 24.9. The number of hydrogen-bond acceptors (Lipinski definition) is 4. The van der Waals surface area contributed by atoms with Crippen molar-refractivity contribution in [1.29, 1.82) is 0 Å². The maximum atomic E-state index is 9.64. The molecule has 6 aromatic carbocycles. The van der Waals surface area contributed by atoms with Crippen LogP contribution in [-0.2, 0) is 0 Å². The molecule has 5 heteroatoms. The Bertz CT molecular complexity index is 1940. The highest BCUT2D eigenvalue weighted by Gasteiger charge is 2.18. The maximum absolute atomic E-state index is 9.64. The number of thiophene rings is 1. The van der Waals surface area contributed by atoms with Gasteiger partial charge >= 0.3 is 7.12 Å². The number of hydrogen-bond donors (Lipinski definition) is 2. The van der Waals surface area contributed by atoms with Gasteiger partial charge in [-0.25, -0.2) is 0 Å². The molecule has 7 aromatic rings. The fourth-order valence-electron chi connectivity index (χ4n) is 5.23. The maximum Gasteiger partial charge on any atom is 0.488 e. The van der Waals surface area contributed by atoms with E-state index in [2.05, 4.69) is 108 Å². The lowest BCUT2D eigenvalue weighted by atomic mass is 9.80. The van der Waals surface area contributed by atoms with E-state index < -0.39 is 7.12 Å². The van der Waals surface area contributed by atoms with E-state index in [4.69, 9.17) is 0 Å². The second kappa shape index (κ2) is 8.75. The molecule has 0 spiro atoms. The molecule has 0 bridgehead atoms. The van der Waals surface area contributed by atoms with Gasteiger partial charge in [0.25, 0.3) is 0 Å². The van der Waals surface area contributed by atoms with Gasteiger partial charge in [0.2, 0.25) is 0 Å². The molecule has 0 saturated heterocycles. The molecular weight excluding hydrogens is 473 g/mol. The van der Waals surface area contributed by atoms with E-state index in [1.165, 1.54) is 26.9 Å². The Balaban J connectivity index is 1.47. The molecule has 0 aliphatic rings. The molecule has 0 aliphatic heterocycles. The van der Waals surface area contributed by atoms with Gasteiger partial charge in [0, 0.05) is 36.9 Å². The van der Waals surface area contributed by atoms with Crippen LogP contribution in [0, 0.1) is 0 Å². The van der Waals surface area contributed by atoms with Crippen LogP contribution in [0.5, 0.6) is 0 Å². The molecule has 0 aliphatic carbocycles. The summed E-state index contributed by atoms with van der Waals surface area (Å²) in [6.07, 6.45) is 0. The van der Waals surface area contributed by atoms with Crippen LogP contribution in [-0.4, -0.2) is 17.2 Å². The van der Waals surface area contributed by atoms with Crippen molar-refractivity contribution in [2.75, 3.05) is 4.90 Å². The van der Waals surface area contributed by atoms with Crippen molar-refractivity contribution < 1.29 is 10.0 Å². The van der Waals surface area contributed by atoms with Crippen molar-refractivity contribution in [3.8, 4) is 0 Å². The minimum Gasteiger partial charge on any atom is -0.423 e. The number of benzene rings is 6. The van der Waals surface area contributed by atoms with Crippen molar-refractivity contribution in [2.24, 2.45) is 0 Å². The fraction of sp³-hybridized carbons (Fsp3) is 0. The second-order valence-corrected chi connectivity index (χ2v) is 10.4. The fourth-order valence-corrected chi connectivity index (χ4v) is 6.42. The van der Waals surface area contributed by atoms with Crippen molar-refractivity contribution in [1.82, 2.24) is 0 Å². The number of rotatable bonds is 4. The van der Waals surface area contributed by atoms with Crippen molar-refractivity contribution in [2.45, 2.75) is 0 Å². The summed E-state index contributed by atoms with van der Waals surface area (Å²) in [5.74, 6) is 0. The van der Waals surface area contributed by atoms with E-state index in [0.717, 1.165) is 31.8 Å². The van der Waals surface area contributed by atoms with Gasteiger partial charge in [0.15, 0.2) is 0 Å². The average Bonchev–Trinajstić information content (AvgIpc) is 3.30. The van der Waals surface area contributed by atoms with Gasteiger partial charge in [0.05, 0.1) is 5.69 Å². The van der Waals surface area contributed by atoms with E-state index in [1.807, 2.05) is 12.1 Å². The Morgan fingerprint density at radius 1 is 0.514 bits per heavy atom. The third-order valence-electron chi connectivity index (χ3n) is 7.04. The van der Waals surface area contributed by atoms with Gasteiger partial charge < -0.3 is 14.9 Å². The predicted molar refractivity (Wildman–Crippen MR) is 159 cm³/mol. The quantitative estimate of drug-likeness (QED) is 0.249. The highest BCUT2D eigenvalue weighted by Crippen LogP contribution is 2.43. The van der Waals surface area contributed by atoms with Gasteiger partial charge in [-0.1, -0.05) is 84.9 Å². The Kier molecular flexibility index (Phi) is 5.22. The molecule has 2 N–H and O–H groups in total. The smallest absolute Gasteiger partial charge is 0.423 e. The first-order chi connectivity index (χ1) is 18.2. The molecule has 7 rings (SSSR count). The van der Waals surface area contributed by atoms with Crippen LogP contribution in [0.25, 0.3) is 41.7 Å². The van der Waals surface area contributed by atoms with Crippen LogP contribution >= 0.6 is 11.3 Å². The van der Waals surface area contributed by atoms with E-state index >= 15 is 0 Å². The topological polar surface area (TPSA) is 43.7 Å². The Morgan fingerprint density at radius 3 is 2.00 bits per heavy atom. The second-order valence-electron chi connectivity index (χ2n) is 9.28. The normalized spacial score (nSPS) is 11.5. The molecule has 0 amide bonds. The molecule has 1 aromatic heterocycles. The number of fused-ring (bicyclic) bond motifs is 5. The molecule has 0 saturated carbocycles. The summed E-state index contributed by atoms with van der Waals surface area (Å²) in [5, 5.41) is 26.4. The third kappa shape index (κ3) is 3.76. The first kappa shape index (κ1) is 22.1. The molecular formula is C32H22BNO2S. The summed E-state index contributed by atoms with van der Waals surface area (Å²) in [7, 11) is -1.47. The first-order valence-corrected chi connectivity index (χ1v) is 13.1. The van der Waals surface area contributed by atoms with Crippen molar-refractivity contribution in [3.05, 3.63) is 121 Å². The van der Waals surface area contributed by atoms with Crippen LogP contribution in [0.15, 0.2) is 121 Å². The van der Waals surface area contributed by atoms with Crippen molar-refractivity contribution in [3.63, 3.8) is 0 Å². The molecule has 0 radical (unpaired) electrons. The average molecular weight is 495 g/mol. The molecule has 37 heavy (non-hydrogen) atoms. The van der Waals surface area contributed by atoms with Gasteiger partial charge in [-0.15, -0.1) is 11.3 Å². The van der Waals surface area contributed by atoms with Gasteiger partial charge in [-0.3, -0.25) is 0 Å². The van der Waals surface area contributed by atoms with Crippen molar-refractivity contribution >= 4 is 82.7 Å². The molecule has 0 unspecified atom stereocenters. The summed E-state index contributed by atoms with van der Waals surface area (Å²) in [6.45, 7) is 0. The largest absolute Gasteiger partial charge is 0.488 e. The number of nitrogens with zero attached hydrogens (tertiary/aromatic N) is 1. The van der Waals surface area contributed by atoms with Gasteiger partial charge in [-0.05, 0) is 58.0 Å². The Labute approximate surface area is 218 Å². The third-order valence-corrected chi connectivity index (χ3v) is 8.15. The van der Waals surface area contributed by atoms with E-state index in [1.54, 1.807) is 17.4 Å². The molecule has 1 heterocycles. The molecule has 176 valence electrons. The summed E-state index contributed by atoms with van der Waals surface area (Å²) in [6, 6.07) is 42.3. The zero-order valence-electron chi connectivity index (χ0n) is 19.9. The van der Waals surface area contributed by atoms with E-state index in [-0.39, 0.29) is 0 Å². The minimum atomic E-state index is -1.47. The van der Waals surface area contributed by atoms with Crippen LogP contribution in [0.3, 0.4) is 0 Å². The summed E-state index contributed by atoms with van der Waals surface area (Å²) in [5.41, 5.74) is 3.81. The molecule has 0 fully saturated rings. The molecule has 3 nitrogen and oxygen atoms in total. The van der Waals surface area contributed by atoms with Crippen LogP contribution in [0.4, 0.5) is 17.1 Å².